The van der Waals surface area contributed by atoms with E-state index in [9.17, 15) is 14.7 Å². The largest absolute Gasteiger partial charge is 0.492 e. The maximum absolute atomic E-state index is 13.2. The Morgan fingerprint density at radius 1 is 0.971 bits per heavy atom. The van der Waals surface area contributed by atoms with Crippen LogP contribution in [0.2, 0.25) is 0 Å². The Kier molecular flexibility index (Phi) is 7.20. The highest BCUT2D eigenvalue weighted by Crippen LogP contribution is 2.28. The summed E-state index contributed by atoms with van der Waals surface area (Å²) < 4.78 is 11.7. The molecule has 8 heteroatoms. The second-order valence-electron chi connectivity index (χ2n) is 9.50. The minimum Gasteiger partial charge on any atom is -0.492 e. The van der Waals surface area contributed by atoms with Crippen LogP contribution in [0.3, 0.4) is 0 Å². The van der Waals surface area contributed by atoms with E-state index in [1.54, 1.807) is 23.1 Å². The summed E-state index contributed by atoms with van der Waals surface area (Å²) in [6.07, 6.45) is 1.86. The second kappa shape index (κ2) is 10.7. The number of likely N-dealkylation sites (tertiary alicyclic amines) is 1. The van der Waals surface area contributed by atoms with E-state index in [1.165, 1.54) is 11.1 Å². The lowest BCUT2D eigenvalue weighted by molar-refractivity contribution is -0.128. The monoisotopic (exact) mass is 479 g/mol. The van der Waals surface area contributed by atoms with Gasteiger partial charge in [0.1, 0.15) is 24.7 Å². The van der Waals surface area contributed by atoms with Crippen LogP contribution in [0, 0.1) is 0 Å². The molecular weight excluding hydrogens is 446 g/mol. The first-order chi connectivity index (χ1) is 17.1. The highest BCUT2D eigenvalue weighted by atomic mass is 16.5. The third-order valence-electron chi connectivity index (χ3n) is 7.00. The minimum absolute atomic E-state index is 0.144. The lowest BCUT2D eigenvalue weighted by Gasteiger charge is -2.32. The van der Waals surface area contributed by atoms with E-state index >= 15 is 0 Å². The first kappa shape index (κ1) is 23.6. The van der Waals surface area contributed by atoms with Gasteiger partial charge in [0.15, 0.2) is 0 Å². The normalized spacial score (nSPS) is 19.1. The van der Waals surface area contributed by atoms with Gasteiger partial charge in [-0.15, -0.1) is 0 Å². The fourth-order valence-electron chi connectivity index (χ4n) is 5.13. The molecule has 35 heavy (non-hydrogen) atoms. The van der Waals surface area contributed by atoms with Gasteiger partial charge < -0.3 is 24.4 Å². The van der Waals surface area contributed by atoms with Crippen LogP contribution < -0.4 is 9.47 Å². The van der Waals surface area contributed by atoms with Gasteiger partial charge in [0, 0.05) is 45.2 Å². The Hall–Kier alpha value is -3.10. The minimum atomic E-state index is -0.637. The number of fused-ring (bicyclic) bond motifs is 2. The molecule has 0 aliphatic carbocycles. The number of nitrogens with zero attached hydrogens (tertiary/aromatic N) is 3. The molecule has 1 saturated heterocycles. The van der Waals surface area contributed by atoms with E-state index in [2.05, 4.69) is 29.2 Å². The summed E-state index contributed by atoms with van der Waals surface area (Å²) >= 11 is 0. The highest BCUT2D eigenvalue weighted by molar-refractivity contribution is 5.97. The Bertz CT molecular complexity index is 1070. The van der Waals surface area contributed by atoms with E-state index < -0.39 is 6.10 Å². The number of hydrogen-bond donors (Lipinski definition) is 1. The molecule has 8 nitrogen and oxygen atoms in total. The second-order valence-corrected chi connectivity index (χ2v) is 9.50. The average molecular weight is 480 g/mol. The van der Waals surface area contributed by atoms with Crippen LogP contribution >= 0.6 is 0 Å². The molecule has 2 amide bonds. The molecule has 3 heterocycles. The van der Waals surface area contributed by atoms with E-state index in [0.29, 0.717) is 56.3 Å². The maximum Gasteiger partial charge on any atom is 0.257 e. The zero-order valence-electron chi connectivity index (χ0n) is 20.0. The molecule has 3 aliphatic heterocycles. The molecule has 186 valence electrons. The first-order valence-electron chi connectivity index (χ1n) is 12.5. The molecule has 1 unspecified atom stereocenters. The van der Waals surface area contributed by atoms with E-state index in [4.69, 9.17) is 9.47 Å². The van der Waals surface area contributed by atoms with Crippen LogP contribution in [0.15, 0.2) is 42.5 Å². The van der Waals surface area contributed by atoms with Crippen molar-refractivity contribution in [1.29, 1.82) is 0 Å². The number of hydrogen-bond acceptors (Lipinski definition) is 6. The highest BCUT2D eigenvalue weighted by Gasteiger charge is 2.27. The van der Waals surface area contributed by atoms with Gasteiger partial charge in [0.2, 0.25) is 5.91 Å². The van der Waals surface area contributed by atoms with Crippen molar-refractivity contribution >= 4 is 11.8 Å². The van der Waals surface area contributed by atoms with Gasteiger partial charge in [-0.25, -0.2) is 0 Å². The summed E-state index contributed by atoms with van der Waals surface area (Å²) in [5.74, 6) is 1.14. The first-order valence-corrected chi connectivity index (χ1v) is 12.5. The SMILES string of the molecule is O=C1CCCN1CCOc1ccc2c(c1)OCCN(CC(O)CN1CCc3ccccc3C1)C2=O. The molecule has 1 N–H and O–H groups in total. The number of rotatable bonds is 8. The van der Waals surface area contributed by atoms with Crippen molar-refractivity contribution in [3.8, 4) is 11.5 Å². The lowest BCUT2D eigenvalue weighted by Crippen LogP contribution is -2.44. The topological polar surface area (TPSA) is 82.6 Å². The molecule has 2 aromatic rings. The fraction of sp³-hybridized carbons (Fsp3) is 0.481. The molecule has 0 aromatic heterocycles. The zero-order valence-corrected chi connectivity index (χ0v) is 20.0. The summed E-state index contributed by atoms with van der Waals surface area (Å²) in [4.78, 5) is 30.7. The van der Waals surface area contributed by atoms with Gasteiger partial charge in [-0.1, -0.05) is 24.3 Å². The number of β-amino-alcohol motifs (C(OH)–C–C–N with tert-alkyl or cyclic N) is 1. The van der Waals surface area contributed by atoms with Crippen molar-refractivity contribution in [3.05, 3.63) is 59.2 Å². The summed E-state index contributed by atoms with van der Waals surface area (Å²) in [5, 5.41) is 10.8. The Balaban J connectivity index is 1.15. The summed E-state index contributed by atoms with van der Waals surface area (Å²) in [5.41, 5.74) is 3.16. The summed E-state index contributed by atoms with van der Waals surface area (Å²) in [6.45, 7) is 5.04. The van der Waals surface area contributed by atoms with Gasteiger partial charge >= 0.3 is 0 Å². The van der Waals surface area contributed by atoms with Crippen molar-refractivity contribution in [2.45, 2.75) is 31.9 Å². The molecule has 1 fully saturated rings. The third-order valence-corrected chi connectivity index (χ3v) is 7.00. The number of benzene rings is 2. The predicted molar refractivity (Wildman–Crippen MR) is 131 cm³/mol. The predicted octanol–water partition coefficient (Wildman–Crippen LogP) is 1.94. The van der Waals surface area contributed by atoms with Crippen molar-refractivity contribution in [3.63, 3.8) is 0 Å². The third kappa shape index (κ3) is 5.60. The number of aliphatic hydroxyl groups excluding tert-OH is 1. The number of carbonyl (C=O) groups excluding carboxylic acids is 2. The number of aliphatic hydroxyl groups is 1. The average Bonchev–Trinajstić information content (AvgIpc) is 3.20. The zero-order chi connectivity index (χ0) is 24.2. The van der Waals surface area contributed by atoms with E-state index in [0.717, 1.165) is 32.5 Å². The summed E-state index contributed by atoms with van der Waals surface area (Å²) in [7, 11) is 0. The van der Waals surface area contributed by atoms with E-state index in [1.807, 2.05) is 4.90 Å². The van der Waals surface area contributed by atoms with Crippen molar-refractivity contribution in [1.82, 2.24) is 14.7 Å². The molecule has 0 saturated carbocycles. The van der Waals surface area contributed by atoms with Crippen LogP contribution in [-0.4, -0.2) is 90.2 Å². The number of carbonyl (C=O) groups is 2. The van der Waals surface area contributed by atoms with Crippen LogP contribution in [0.1, 0.15) is 34.3 Å². The lowest BCUT2D eigenvalue weighted by atomic mass is 10.00. The number of amides is 2. The van der Waals surface area contributed by atoms with Gasteiger partial charge in [0.25, 0.3) is 5.91 Å². The Morgan fingerprint density at radius 2 is 1.83 bits per heavy atom. The molecular formula is C27H33N3O5. The maximum atomic E-state index is 13.2. The van der Waals surface area contributed by atoms with Crippen molar-refractivity contribution in [2.24, 2.45) is 0 Å². The van der Waals surface area contributed by atoms with Crippen LogP contribution in [0.5, 0.6) is 11.5 Å². The Labute approximate surface area is 206 Å². The molecule has 1 atom stereocenters. The van der Waals surface area contributed by atoms with Gasteiger partial charge in [-0.3, -0.25) is 14.5 Å². The molecule has 0 radical (unpaired) electrons. The van der Waals surface area contributed by atoms with Gasteiger partial charge in [-0.05, 0) is 36.1 Å². The fourth-order valence-corrected chi connectivity index (χ4v) is 5.13. The summed E-state index contributed by atoms with van der Waals surface area (Å²) in [6, 6.07) is 13.7. The van der Waals surface area contributed by atoms with Crippen molar-refractivity contribution in [2.75, 3.05) is 52.5 Å². The van der Waals surface area contributed by atoms with Crippen LogP contribution in [-0.2, 0) is 17.8 Å². The van der Waals surface area contributed by atoms with Gasteiger partial charge in [-0.2, -0.15) is 0 Å². The smallest absolute Gasteiger partial charge is 0.257 e. The molecule has 2 aromatic carbocycles. The molecule has 5 rings (SSSR count). The van der Waals surface area contributed by atoms with Crippen LogP contribution in [0.4, 0.5) is 0 Å². The molecule has 0 bridgehead atoms. The van der Waals surface area contributed by atoms with E-state index in [-0.39, 0.29) is 18.4 Å². The quantitative estimate of drug-likeness (QED) is 0.623. The standard InChI is InChI=1S/C27H33N3O5/c31-22(18-28-11-9-20-4-1-2-5-21(20)17-28)19-30-13-15-35-25-16-23(7-8-24(25)27(30)33)34-14-12-29-10-3-6-26(29)32/h1-2,4-5,7-8,16,22,31H,3,6,9-15,17-19H2. The van der Waals surface area contributed by atoms with Gasteiger partial charge in [0.05, 0.1) is 24.8 Å². The Morgan fingerprint density at radius 3 is 2.66 bits per heavy atom. The molecule has 3 aliphatic rings. The molecule has 0 spiro atoms. The van der Waals surface area contributed by atoms with Crippen LogP contribution in [0.25, 0.3) is 0 Å². The number of ether oxygens (including phenoxy) is 2. The van der Waals surface area contributed by atoms with Crippen molar-refractivity contribution < 1.29 is 24.2 Å².